The first kappa shape index (κ1) is 13.7. The number of fused-ring (bicyclic) bond motifs is 1. The van der Waals surface area contributed by atoms with E-state index in [1.54, 1.807) is 0 Å². The third-order valence-corrected chi connectivity index (χ3v) is 3.09. The lowest BCUT2D eigenvalue weighted by atomic mass is 10.2. The summed E-state index contributed by atoms with van der Waals surface area (Å²) in [5.41, 5.74) is 8.23. The minimum Gasteiger partial charge on any atom is -0.370 e. The van der Waals surface area contributed by atoms with E-state index >= 15 is 0 Å². The number of guanidine groups is 1. The van der Waals surface area contributed by atoms with E-state index in [0.717, 1.165) is 30.7 Å². The molecule has 104 valence electrons. The number of aliphatic imine (C=N–C) groups is 1. The van der Waals surface area contributed by atoms with Crippen LogP contribution in [0.5, 0.6) is 0 Å². The van der Waals surface area contributed by atoms with Gasteiger partial charge in [0, 0.05) is 6.61 Å². The molecule has 1 aliphatic rings. The molecule has 0 saturated heterocycles. The quantitative estimate of drug-likeness (QED) is 0.794. The molecular formula is C13H21N5O. The molecule has 0 amide bonds. The number of rotatable bonds is 5. The zero-order valence-electron chi connectivity index (χ0n) is 11.7. The van der Waals surface area contributed by atoms with E-state index in [9.17, 15) is 0 Å². The van der Waals surface area contributed by atoms with Gasteiger partial charge >= 0.3 is 0 Å². The smallest absolute Gasteiger partial charge is 0.198 e. The second-order valence-electron chi connectivity index (χ2n) is 4.70. The van der Waals surface area contributed by atoms with Crippen LogP contribution in [0.25, 0.3) is 0 Å². The summed E-state index contributed by atoms with van der Waals surface area (Å²) in [7, 11) is 0. The predicted molar refractivity (Wildman–Crippen MR) is 75.0 cm³/mol. The van der Waals surface area contributed by atoms with Crippen molar-refractivity contribution in [1.29, 1.82) is 0 Å². The summed E-state index contributed by atoms with van der Waals surface area (Å²) < 4.78 is 5.77. The zero-order valence-corrected chi connectivity index (χ0v) is 11.7. The Morgan fingerprint density at radius 1 is 1.21 bits per heavy atom. The van der Waals surface area contributed by atoms with Crippen LogP contribution in [0.1, 0.15) is 49.5 Å². The summed E-state index contributed by atoms with van der Waals surface area (Å²) in [4.78, 5) is 13.2. The summed E-state index contributed by atoms with van der Waals surface area (Å²) in [6.45, 7) is 6.67. The second-order valence-corrected chi connectivity index (χ2v) is 4.70. The maximum Gasteiger partial charge on any atom is 0.198 e. The zero-order chi connectivity index (χ0) is 13.8. The van der Waals surface area contributed by atoms with E-state index in [1.165, 1.54) is 0 Å². The van der Waals surface area contributed by atoms with Gasteiger partial charge in [0.2, 0.25) is 0 Å². The van der Waals surface area contributed by atoms with Crippen LogP contribution in [0, 0.1) is 13.8 Å². The Bertz CT molecular complexity index is 486. The van der Waals surface area contributed by atoms with E-state index in [2.05, 4.69) is 27.2 Å². The number of anilines is 1. The Morgan fingerprint density at radius 3 is 2.68 bits per heavy atom. The minimum absolute atomic E-state index is 0.325. The van der Waals surface area contributed by atoms with Gasteiger partial charge in [0.1, 0.15) is 5.69 Å². The van der Waals surface area contributed by atoms with Crippen molar-refractivity contribution in [2.45, 2.75) is 46.3 Å². The lowest BCUT2D eigenvalue weighted by Crippen LogP contribution is -2.30. The Kier molecular flexibility index (Phi) is 4.31. The maximum absolute atomic E-state index is 5.77. The van der Waals surface area contributed by atoms with Crippen molar-refractivity contribution in [2.75, 3.05) is 11.9 Å². The number of aromatic nitrogens is 2. The molecule has 3 N–H and O–H groups in total. The van der Waals surface area contributed by atoms with Crippen LogP contribution in [-0.4, -0.2) is 22.5 Å². The average molecular weight is 263 g/mol. The van der Waals surface area contributed by atoms with E-state index < -0.39 is 6.23 Å². The molecule has 0 saturated carbocycles. The van der Waals surface area contributed by atoms with Gasteiger partial charge in [-0.2, -0.15) is 0 Å². The van der Waals surface area contributed by atoms with Crippen LogP contribution in [0.4, 0.5) is 5.82 Å². The molecule has 1 aromatic rings. The van der Waals surface area contributed by atoms with E-state index in [4.69, 9.17) is 10.5 Å². The van der Waals surface area contributed by atoms with Crippen molar-refractivity contribution in [3.8, 4) is 0 Å². The molecule has 19 heavy (non-hydrogen) atoms. The highest BCUT2D eigenvalue weighted by Gasteiger charge is 2.24. The number of aryl methyl sites for hydroxylation is 2. The number of nitrogens with zero attached hydrogens (tertiary/aromatic N) is 3. The highest BCUT2D eigenvalue weighted by molar-refractivity contribution is 5.93. The Labute approximate surface area is 113 Å². The monoisotopic (exact) mass is 263 g/mol. The standard InChI is InChI=1S/C13H21N5O/c1-4-5-6-7-19-12-10-11(17-13(14)18-12)16-9(3)8(2)15-10/h12H,4-7H2,1-3H3,(H3,14,16,17,18). The molecule has 6 heteroatoms. The van der Waals surface area contributed by atoms with E-state index in [-0.39, 0.29) is 0 Å². The van der Waals surface area contributed by atoms with Crippen LogP contribution in [-0.2, 0) is 4.74 Å². The molecule has 1 aliphatic heterocycles. The summed E-state index contributed by atoms with van der Waals surface area (Å²) in [5.74, 6) is 0.974. The molecule has 2 rings (SSSR count). The van der Waals surface area contributed by atoms with Gasteiger partial charge in [-0.05, 0) is 20.3 Å². The van der Waals surface area contributed by atoms with Crippen LogP contribution < -0.4 is 11.1 Å². The van der Waals surface area contributed by atoms with Gasteiger partial charge < -0.3 is 15.8 Å². The second kappa shape index (κ2) is 5.97. The van der Waals surface area contributed by atoms with Crippen molar-refractivity contribution in [1.82, 2.24) is 9.97 Å². The maximum atomic E-state index is 5.77. The molecule has 0 fully saturated rings. The number of nitrogens with one attached hydrogen (secondary N) is 1. The molecule has 0 radical (unpaired) electrons. The van der Waals surface area contributed by atoms with Crippen molar-refractivity contribution in [3.63, 3.8) is 0 Å². The number of unbranched alkanes of at least 4 members (excludes halogenated alkanes) is 2. The van der Waals surface area contributed by atoms with Crippen molar-refractivity contribution >= 4 is 11.8 Å². The average Bonchev–Trinajstić information content (AvgIpc) is 2.36. The number of hydrogen-bond donors (Lipinski definition) is 2. The van der Waals surface area contributed by atoms with Crippen LogP contribution in [0.2, 0.25) is 0 Å². The summed E-state index contributed by atoms with van der Waals surface area (Å²) in [5, 5.41) is 2.93. The summed E-state index contributed by atoms with van der Waals surface area (Å²) >= 11 is 0. The highest BCUT2D eigenvalue weighted by Crippen LogP contribution is 2.28. The summed E-state index contributed by atoms with van der Waals surface area (Å²) in [6, 6.07) is 0. The van der Waals surface area contributed by atoms with Gasteiger partial charge in [0.25, 0.3) is 0 Å². The highest BCUT2D eigenvalue weighted by atomic mass is 16.5. The first-order chi connectivity index (χ1) is 9.11. The van der Waals surface area contributed by atoms with Gasteiger partial charge in [-0.25, -0.2) is 15.0 Å². The van der Waals surface area contributed by atoms with Crippen LogP contribution in [0.15, 0.2) is 4.99 Å². The fourth-order valence-corrected chi connectivity index (χ4v) is 1.89. The lowest BCUT2D eigenvalue weighted by Gasteiger charge is -2.22. The number of hydrogen-bond acceptors (Lipinski definition) is 6. The van der Waals surface area contributed by atoms with E-state index in [1.807, 2.05) is 13.8 Å². The molecule has 1 atom stereocenters. The third kappa shape index (κ3) is 3.20. The molecule has 6 nitrogen and oxygen atoms in total. The van der Waals surface area contributed by atoms with Gasteiger partial charge in [-0.3, -0.25) is 0 Å². The van der Waals surface area contributed by atoms with Crippen molar-refractivity contribution < 1.29 is 4.74 Å². The van der Waals surface area contributed by atoms with Crippen LogP contribution in [0.3, 0.4) is 0 Å². The molecule has 0 bridgehead atoms. The molecule has 0 spiro atoms. The normalized spacial score (nSPS) is 17.6. The molecule has 0 aliphatic carbocycles. The Balaban J connectivity index is 2.15. The van der Waals surface area contributed by atoms with Crippen LogP contribution >= 0.6 is 0 Å². The Hall–Kier alpha value is -1.69. The van der Waals surface area contributed by atoms with Gasteiger partial charge in [-0.15, -0.1) is 0 Å². The predicted octanol–water partition coefficient (Wildman–Crippen LogP) is 2.04. The minimum atomic E-state index is -0.445. The molecule has 1 aromatic heterocycles. The van der Waals surface area contributed by atoms with Gasteiger partial charge in [-0.1, -0.05) is 19.8 Å². The Morgan fingerprint density at radius 2 is 1.95 bits per heavy atom. The SMILES string of the molecule is CCCCCOC1N=C(N)Nc2nc(C)c(C)nc21. The topological polar surface area (TPSA) is 85.4 Å². The lowest BCUT2D eigenvalue weighted by molar-refractivity contribution is 0.0528. The van der Waals surface area contributed by atoms with Crippen molar-refractivity contribution in [3.05, 3.63) is 17.1 Å². The fourth-order valence-electron chi connectivity index (χ4n) is 1.89. The van der Waals surface area contributed by atoms with Gasteiger partial charge in [0.05, 0.1) is 11.4 Å². The van der Waals surface area contributed by atoms with Gasteiger partial charge in [0.15, 0.2) is 18.0 Å². The molecular weight excluding hydrogens is 242 g/mol. The molecule has 1 unspecified atom stereocenters. The van der Waals surface area contributed by atoms with E-state index in [0.29, 0.717) is 24.1 Å². The number of ether oxygens (including phenoxy) is 1. The largest absolute Gasteiger partial charge is 0.370 e. The first-order valence-corrected chi connectivity index (χ1v) is 6.69. The third-order valence-electron chi connectivity index (χ3n) is 3.09. The van der Waals surface area contributed by atoms with Crippen molar-refractivity contribution in [2.24, 2.45) is 10.7 Å². The fraction of sp³-hybridized carbons (Fsp3) is 0.615. The number of nitrogens with two attached hydrogens (primary N) is 1. The molecule has 0 aromatic carbocycles. The summed E-state index contributed by atoms with van der Waals surface area (Å²) in [6.07, 6.45) is 2.88. The first-order valence-electron chi connectivity index (χ1n) is 6.69. The molecule has 2 heterocycles.